The lowest BCUT2D eigenvalue weighted by molar-refractivity contribution is 0.430. The Balaban J connectivity index is 1.87. The van der Waals surface area contributed by atoms with Crippen LogP contribution in [-0.4, -0.2) is 23.2 Å². The van der Waals surface area contributed by atoms with Crippen LogP contribution in [0.1, 0.15) is 11.3 Å². The van der Waals surface area contributed by atoms with E-state index in [1.807, 2.05) is 6.07 Å². The molecule has 0 aliphatic rings. The number of rotatable bonds is 6. The van der Waals surface area contributed by atoms with Crippen LogP contribution in [0.3, 0.4) is 0 Å². The Labute approximate surface area is 146 Å². The molecule has 0 saturated heterocycles. The van der Waals surface area contributed by atoms with Crippen molar-refractivity contribution in [2.75, 3.05) is 4.72 Å². The zero-order valence-electron chi connectivity index (χ0n) is 13.9. The third-order valence-corrected chi connectivity index (χ3v) is 4.70. The van der Waals surface area contributed by atoms with Crippen molar-refractivity contribution in [2.45, 2.75) is 12.7 Å². The summed E-state index contributed by atoms with van der Waals surface area (Å²) in [5, 5.41) is 4.24. The van der Waals surface area contributed by atoms with Crippen LogP contribution in [0.15, 0.2) is 54.9 Å². The molecule has 0 atom stereocenters. The zero-order valence-corrected chi connectivity index (χ0v) is 14.7. The number of pyridine rings is 1. The van der Waals surface area contributed by atoms with Crippen LogP contribution in [0.25, 0.3) is 0 Å². The van der Waals surface area contributed by atoms with E-state index in [9.17, 15) is 8.42 Å². The number of sulfonamides is 1. The molecule has 130 valence electrons. The molecule has 3 aromatic rings. The average Bonchev–Trinajstić information content (AvgIpc) is 2.83. The fourth-order valence-electron chi connectivity index (χ4n) is 2.38. The van der Waals surface area contributed by atoms with E-state index >= 15 is 0 Å². The lowest BCUT2D eigenvalue weighted by Gasteiger charge is -2.11. The van der Waals surface area contributed by atoms with Gasteiger partial charge in [0.05, 0.1) is 17.6 Å². The average molecular weight is 358 g/mol. The Kier molecular flexibility index (Phi) is 4.71. The Hall–Kier alpha value is -2.87. The number of aromatic nitrogens is 3. The van der Waals surface area contributed by atoms with Crippen molar-refractivity contribution >= 4 is 15.7 Å². The Morgan fingerprint density at radius 3 is 2.60 bits per heavy atom. The van der Waals surface area contributed by atoms with E-state index in [1.165, 1.54) is 4.68 Å². The van der Waals surface area contributed by atoms with Crippen molar-refractivity contribution in [3.8, 4) is 11.6 Å². The topological polar surface area (TPSA) is 86.1 Å². The van der Waals surface area contributed by atoms with Gasteiger partial charge in [-0.15, -0.1) is 0 Å². The van der Waals surface area contributed by atoms with E-state index < -0.39 is 10.0 Å². The maximum atomic E-state index is 12.5. The first kappa shape index (κ1) is 17.0. The number of aryl methyl sites for hydroxylation is 2. The van der Waals surface area contributed by atoms with Gasteiger partial charge < -0.3 is 4.74 Å². The minimum absolute atomic E-state index is 0.130. The number of ether oxygens (including phenoxy) is 1. The maximum Gasteiger partial charge on any atom is 0.242 e. The number of benzene rings is 1. The van der Waals surface area contributed by atoms with Crippen molar-refractivity contribution in [2.24, 2.45) is 7.05 Å². The minimum atomic E-state index is -3.61. The molecule has 7 nitrogen and oxygen atoms in total. The predicted octanol–water partition coefficient (Wildman–Crippen LogP) is 2.86. The fraction of sp³-hybridized carbons (Fsp3) is 0.176. The summed E-state index contributed by atoms with van der Waals surface area (Å²) >= 11 is 0. The van der Waals surface area contributed by atoms with Gasteiger partial charge in [-0.2, -0.15) is 5.10 Å². The van der Waals surface area contributed by atoms with E-state index in [1.54, 1.807) is 62.8 Å². The molecule has 0 aliphatic carbocycles. The number of hydrogen-bond donors (Lipinski definition) is 1. The van der Waals surface area contributed by atoms with E-state index in [-0.39, 0.29) is 5.75 Å². The van der Waals surface area contributed by atoms with E-state index in [0.717, 1.165) is 0 Å². The molecule has 2 aromatic heterocycles. The molecule has 0 unspecified atom stereocenters. The highest BCUT2D eigenvalue weighted by molar-refractivity contribution is 7.91. The molecule has 0 amide bonds. The maximum absolute atomic E-state index is 12.5. The summed E-state index contributed by atoms with van der Waals surface area (Å²) in [5.41, 5.74) is 1.55. The Bertz CT molecular complexity index is 954. The summed E-state index contributed by atoms with van der Waals surface area (Å²) in [4.78, 5) is 3.98. The smallest absolute Gasteiger partial charge is 0.242 e. The van der Waals surface area contributed by atoms with Gasteiger partial charge in [-0.1, -0.05) is 30.3 Å². The van der Waals surface area contributed by atoms with E-state index in [2.05, 4.69) is 14.8 Å². The molecule has 0 spiro atoms. The third-order valence-electron chi connectivity index (χ3n) is 3.48. The fourth-order valence-corrected chi connectivity index (χ4v) is 3.63. The molecular formula is C17H18N4O3S. The SMILES string of the molecule is Cc1nn(C)c(Oc2cccnc2)c1NS(=O)(=O)Cc1ccccc1. The standard InChI is InChI=1S/C17H18N4O3S/c1-13-16(20-25(22,23)12-14-7-4-3-5-8-14)17(21(2)19-13)24-15-9-6-10-18-11-15/h3-11,20H,12H2,1-2H3. The summed E-state index contributed by atoms with van der Waals surface area (Å²) in [6, 6.07) is 12.4. The van der Waals surface area contributed by atoms with Crippen LogP contribution in [-0.2, 0) is 22.8 Å². The first-order valence-corrected chi connectivity index (χ1v) is 9.26. The van der Waals surface area contributed by atoms with Gasteiger partial charge in [-0.05, 0) is 24.6 Å². The highest BCUT2D eigenvalue weighted by Crippen LogP contribution is 2.32. The molecule has 3 rings (SSSR count). The number of nitrogens with zero attached hydrogens (tertiary/aromatic N) is 3. The van der Waals surface area contributed by atoms with Crippen LogP contribution >= 0.6 is 0 Å². The monoisotopic (exact) mass is 358 g/mol. The first-order chi connectivity index (χ1) is 11.9. The van der Waals surface area contributed by atoms with E-state index in [4.69, 9.17) is 4.74 Å². The third kappa shape index (κ3) is 4.16. The molecule has 1 N–H and O–H groups in total. The largest absolute Gasteiger partial charge is 0.436 e. The van der Waals surface area contributed by atoms with Crippen molar-refractivity contribution in [3.63, 3.8) is 0 Å². The Morgan fingerprint density at radius 1 is 1.16 bits per heavy atom. The molecule has 0 aliphatic heterocycles. The van der Waals surface area contributed by atoms with Gasteiger partial charge in [0.25, 0.3) is 0 Å². The van der Waals surface area contributed by atoms with Crippen molar-refractivity contribution in [1.29, 1.82) is 0 Å². The summed E-state index contributed by atoms with van der Waals surface area (Å²) in [7, 11) is -1.92. The number of hydrogen-bond acceptors (Lipinski definition) is 5. The normalized spacial score (nSPS) is 11.3. The summed E-state index contributed by atoms with van der Waals surface area (Å²) in [6.45, 7) is 1.72. The van der Waals surface area contributed by atoms with Gasteiger partial charge in [-0.25, -0.2) is 13.1 Å². The van der Waals surface area contributed by atoms with Crippen molar-refractivity contribution in [1.82, 2.24) is 14.8 Å². The molecular weight excluding hydrogens is 340 g/mol. The molecule has 0 fully saturated rings. The molecule has 8 heteroatoms. The Morgan fingerprint density at radius 2 is 1.92 bits per heavy atom. The van der Waals surface area contributed by atoms with Crippen molar-refractivity contribution in [3.05, 3.63) is 66.1 Å². The van der Waals surface area contributed by atoms with Gasteiger partial charge in [0.2, 0.25) is 15.9 Å². The molecule has 1 aromatic carbocycles. The number of nitrogens with one attached hydrogen (secondary N) is 1. The van der Waals surface area contributed by atoms with Crippen LogP contribution < -0.4 is 9.46 Å². The molecule has 0 saturated carbocycles. The molecule has 2 heterocycles. The quantitative estimate of drug-likeness (QED) is 0.732. The highest BCUT2D eigenvalue weighted by Gasteiger charge is 2.21. The minimum Gasteiger partial charge on any atom is -0.436 e. The first-order valence-electron chi connectivity index (χ1n) is 7.60. The lowest BCUT2D eigenvalue weighted by Crippen LogP contribution is -2.16. The second-order valence-corrected chi connectivity index (χ2v) is 7.25. The summed E-state index contributed by atoms with van der Waals surface area (Å²) in [5.74, 6) is 0.672. The molecule has 0 bridgehead atoms. The zero-order chi connectivity index (χ0) is 17.9. The van der Waals surface area contributed by atoms with Gasteiger partial charge in [0.1, 0.15) is 11.4 Å². The van der Waals surface area contributed by atoms with E-state index in [0.29, 0.717) is 28.6 Å². The van der Waals surface area contributed by atoms with Crippen molar-refractivity contribution < 1.29 is 13.2 Å². The summed E-state index contributed by atoms with van der Waals surface area (Å²) in [6.07, 6.45) is 3.18. The highest BCUT2D eigenvalue weighted by atomic mass is 32.2. The summed E-state index contributed by atoms with van der Waals surface area (Å²) < 4.78 is 34.9. The second-order valence-electron chi connectivity index (χ2n) is 5.53. The second kappa shape index (κ2) is 6.94. The lowest BCUT2D eigenvalue weighted by atomic mass is 10.2. The van der Waals surface area contributed by atoms with Gasteiger partial charge in [0.15, 0.2) is 0 Å². The van der Waals surface area contributed by atoms with Crippen LogP contribution in [0.2, 0.25) is 0 Å². The van der Waals surface area contributed by atoms with Crippen LogP contribution in [0.4, 0.5) is 5.69 Å². The van der Waals surface area contributed by atoms with Gasteiger partial charge in [-0.3, -0.25) is 9.71 Å². The van der Waals surface area contributed by atoms with Gasteiger partial charge in [0, 0.05) is 13.2 Å². The molecule has 0 radical (unpaired) electrons. The molecule has 25 heavy (non-hydrogen) atoms. The predicted molar refractivity (Wildman–Crippen MR) is 94.9 cm³/mol. The van der Waals surface area contributed by atoms with Gasteiger partial charge >= 0.3 is 0 Å². The number of anilines is 1. The van der Waals surface area contributed by atoms with Crippen LogP contribution in [0.5, 0.6) is 11.6 Å². The van der Waals surface area contributed by atoms with Crippen LogP contribution in [0, 0.1) is 6.92 Å².